The molecule has 1 saturated heterocycles. The van der Waals surface area contributed by atoms with Gasteiger partial charge in [0.2, 0.25) is 0 Å². The van der Waals surface area contributed by atoms with E-state index in [1.54, 1.807) is 4.90 Å². The lowest BCUT2D eigenvalue weighted by molar-refractivity contribution is 0.168. The second kappa shape index (κ2) is 4.34. The van der Waals surface area contributed by atoms with Crippen molar-refractivity contribution < 1.29 is 4.79 Å². The van der Waals surface area contributed by atoms with Crippen LogP contribution in [0.15, 0.2) is 22.7 Å². The number of nitrogens with one attached hydrogen (secondary N) is 2. The van der Waals surface area contributed by atoms with Crippen LogP contribution in [0.5, 0.6) is 0 Å². The maximum Gasteiger partial charge on any atom is 0.323 e. The van der Waals surface area contributed by atoms with Crippen LogP contribution in [0.2, 0.25) is 0 Å². The molecule has 1 heterocycles. The van der Waals surface area contributed by atoms with Crippen molar-refractivity contribution in [2.75, 3.05) is 6.54 Å². The number of halogens is 1. The fraction of sp³-hybridized carbons (Fsp3) is 0.429. The smallest absolute Gasteiger partial charge is 0.312 e. The van der Waals surface area contributed by atoms with Gasteiger partial charge in [0.05, 0.1) is 0 Å². The molecular weight excluding hydrogens is 306 g/mol. The van der Waals surface area contributed by atoms with E-state index in [1.807, 2.05) is 13.0 Å². The minimum atomic E-state index is -0.452. The summed E-state index contributed by atoms with van der Waals surface area (Å²) >= 11 is 3.49. The normalized spacial score (nSPS) is 25.7. The van der Waals surface area contributed by atoms with Gasteiger partial charge >= 0.3 is 6.03 Å². The summed E-state index contributed by atoms with van der Waals surface area (Å²) in [5.74, 6) is 0.355. The molecule has 3 rings (SSSR count). The summed E-state index contributed by atoms with van der Waals surface area (Å²) in [5, 5.41) is 10.8. The molecule has 1 atom stereocenters. The van der Waals surface area contributed by atoms with Crippen LogP contribution >= 0.6 is 15.9 Å². The van der Waals surface area contributed by atoms with Gasteiger partial charge in [0, 0.05) is 17.4 Å². The van der Waals surface area contributed by atoms with E-state index >= 15 is 0 Å². The molecule has 0 aromatic heterocycles. The fourth-order valence-electron chi connectivity index (χ4n) is 3.25. The Morgan fingerprint density at radius 3 is 3.00 bits per heavy atom. The van der Waals surface area contributed by atoms with Crippen molar-refractivity contribution in [1.82, 2.24) is 10.2 Å². The second-order valence-electron chi connectivity index (χ2n) is 5.17. The molecule has 4 nitrogen and oxygen atoms in total. The Morgan fingerprint density at radius 2 is 2.26 bits per heavy atom. The van der Waals surface area contributed by atoms with Gasteiger partial charge in [0.15, 0.2) is 0 Å². The Bertz CT molecular complexity index is 572. The van der Waals surface area contributed by atoms with Gasteiger partial charge in [-0.2, -0.15) is 0 Å². The Balaban J connectivity index is 2.02. The highest BCUT2D eigenvalue weighted by molar-refractivity contribution is 9.10. The fourth-order valence-corrected chi connectivity index (χ4v) is 3.66. The molecule has 1 unspecified atom stereocenters. The largest absolute Gasteiger partial charge is 0.323 e. The predicted molar refractivity (Wildman–Crippen MR) is 77.5 cm³/mol. The first-order valence-electron chi connectivity index (χ1n) is 6.52. The summed E-state index contributed by atoms with van der Waals surface area (Å²) in [6.07, 6.45) is 2.46. The molecule has 0 radical (unpaired) electrons. The van der Waals surface area contributed by atoms with Gasteiger partial charge < -0.3 is 4.90 Å². The molecule has 19 heavy (non-hydrogen) atoms. The molecule has 0 bridgehead atoms. The number of amidine groups is 1. The number of fused-ring (bicyclic) bond motifs is 1. The molecular formula is C14H16BrN3O. The first-order valence-corrected chi connectivity index (χ1v) is 7.31. The minimum absolute atomic E-state index is 0.131. The van der Waals surface area contributed by atoms with Crippen molar-refractivity contribution in [3.63, 3.8) is 0 Å². The van der Waals surface area contributed by atoms with E-state index in [1.165, 1.54) is 11.1 Å². The number of aryl methyl sites for hydroxylation is 1. The van der Waals surface area contributed by atoms with Crippen LogP contribution in [0.1, 0.15) is 24.5 Å². The Morgan fingerprint density at radius 1 is 1.47 bits per heavy atom. The van der Waals surface area contributed by atoms with Crippen molar-refractivity contribution >= 4 is 27.8 Å². The average Bonchev–Trinajstić information content (AvgIpc) is 2.61. The molecule has 5 heteroatoms. The molecule has 1 fully saturated rings. The summed E-state index contributed by atoms with van der Waals surface area (Å²) < 4.78 is 1.09. The van der Waals surface area contributed by atoms with Gasteiger partial charge in [0.1, 0.15) is 11.4 Å². The monoisotopic (exact) mass is 321 g/mol. The highest BCUT2D eigenvalue weighted by Gasteiger charge is 2.50. The average molecular weight is 322 g/mol. The van der Waals surface area contributed by atoms with Crippen molar-refractivity contribution in [1.29, 1.82) is 5.41 Å². The van der Waals surface area contributed by atoms with Crippen LogP contribution in [0.25, 0.3) is 0 Å². The number of carbonyl (C=O) groups excluding carboxylic acids is 1. The maximum absolute atomic E-state index is 11.9. The highest BCUT2D eigenvalue weighted by Crippen LogP contribution is 2.37. The van der Waals surface area contributed by atoms with Crippen molar-refractivity contribution in [2.24, 2.45) is 0 Å². The molecule has 0 saturated carbocycles. The molecule has 2 amide bonds. The van der Waals surface area contributed by atoms with E-state index in [9.17, 15) is 4.79 Å². The van der Waals surface area contributed by atoms with Crippen LogP contribution in [-0.2, 0) is 12.8 Å². The second-order valence-corrected chi connectivity index (χ2v) is 6.09. The predicted octanol–water partition coefficient (Wildman–Crippen LogP) is 2.70. The van der Waals surface area contributed by atoms with Gasteiger partial charge in [0.25, 0.3) is 0 Å². The third-order valence-corrected chi connectivity index (χ3v) is 4.73. The van der Waals surface area contributed by atoms with Crippen molar-refractivity contribution in [3.05, 3.63) is 33.8 Å². The summed E-state index contributed by atoms with van der Waals surface area (Å²) in [6.45, 7) is 2.61. The van der Waals surface area contributed by atoms with E-state index in [-0.39, 0.29) is 6.03 Å². The van der Waals surface area contributed by atoms with E-state index in [2.05, 4.69) is 33.4 Å². The zero-order valence-corrected chi connectivity index (χ0v) is 12.4. The van der Waals surface area contributed by atoms with Gasteiger partial charge in [-0.15, -0.1) is 0 Å². The van der Waals surface area contributed by atoms with Crippen LogP contribution in [0.3, 0.4) is 0 Å². The Hall–Kier alpha value is -1.36. The van der Waals surface area contributed by atoms with Gasteiger partial charge in [-0.3, -0.25) is 10.7 Å². The molecule has 1 aliphatic carbocycles. The lowest BCUT2D eigenvalue weighted by atomic mass is 9.77. The summed E-state index contributed by atoms with van der Waals surface area (Å²) in [4.78, 5) is 13.7. The number of likely N-dealkylation sites (N-methyl/N-ethyl adjacent to an activating group) is 1. The lowest BCUT2D eigenvalue weighted by Crippen LogP contribution is -2.53. The topological polar surface area (TPSA) is 56.2 Å². The number of urea groups is 1. The molecule has 2 aliphatic rings. The van der Waals surface area contributed by atoms with Gasteiger partial charge in [-0.25, -0.2) is 4.79 Å². The number of hydrogen-bond donors (Lipinski definition) is 2. The van der Waals surface area contributed by atoms with E-state index < -0.39 is 5.54 Å². The minimum Gasteiger partial charge on any atom is -0.312 e. The van der Waals surface area contributed by atoms with Gasteiger partial charge in [-0.05, 0) is 43.0 Å². The molecule has 1 aliphatic heterocycles. The number of hydrogen-bond acceptors (Lipinski definition) is 2. The number of nitrogens with zero attached hydrogens (tertiary/aromatic N) is 1. The van der Waals surface area contributed by atoms with Crippen LogP contribution in [0.4, 0.5) is 4.79 Å². The van der Waals surface area contributed by atoms with Crippen LogP contribution in [-0.4, -0.2) is 28.9 Å². The molecule has 100 valence electrons. The van der Waals surface area contributed by atoms with E-state index in [4.69, 9.17) is 5.41 Å². The quantitative estimate of drug-likeness (QED) is 0.821. The highest BCUT2D eigenvalue weighted by atomic mass is 79.9. The van der Waals surface area contributed by atoms with E-state index in [0.29, 0.717) is 12.4 Å². The van der Waals surface area contributed by atoms with Gasteiger partial charge in [-0.1, -0.05) is 22.0 Å². The standard InChI is InChI=1S/C14H16BrN3O/c1-2-18-13(19)17-12(16)14(18)6-5-9-7-11(15)4-3-10(9)8-14/h3-4,7H,2,5-6,8H2,1H3,(H2,16,17,19). The number of carbonyl (C=O) groups is 1. The Labute approximate surface area is 120 Å². The third-order valence-electron chi connectivity index (χ3n) is 4.23. The summed E-state index contributed by atoms with van der Waals surface area (Å²) in [6, 6.07) is 6.14. The first kappa shape index (κ1) is 12.7. The van der Waals surface area contributed by atoms with Crippen LogP contribution in [0, 0.1) is 5.41 Å². The summed E-state index contributed by atoms with van der Waals surface area (Å²) in [7, 11) is 0. The molecule has 1 aromatic carbocycles. The van der Waals surface area contributed by atoms with Crippen LogP contribution < -0.4 is 5.32 Å². The number of rotatable bonds is 1. The Kier molecular flexibility index (Phi) is 2.89. The molecule has 1 spiro atoms. The third kappa shape index (κ3) is 1.79. The zero-order valence-electron chi connectivity index (χ0n) is 10.8. The first-order chi connectivity index (χ1) is 9.06. The number of benzene rings is 1. The van der Waals surface area contributed by atoms with E-state index in [0.717, 1.165) is 23.7 Å². The SMILES string of the molecule is CCN1C(=O)NC(=N)C12CCc1cc(Br)ccc1C2. The summed E-state index contributed by atoms with van der Waals surface area (Å²) in [5.41, 5.74) is 2.12. The lowest BCUT2D eigenvalue weighted by Gasteiger charge is -2.40. The van der Waals surface area contributed by atoms with Crippen molar-refractivity contribution in [3.8, 4) is 0 Å². The number of amides is 2. The van der Waals surface area contributed by atoms with Crippen molar-refractivity contribution in [2.45, 2.75) is 31.7 Å². The zero-order chi connectivity index (χ0) is 13.6. The molecule has 2 N–H and O–H groups in total. The maximum atomic E-state index is 11.9. The molecule has 1 aromatic rings.